The summed E-state index contributed by atoms with van der Waals surface area (Å²) < 4.78 is -0.0929. The van der Waals surface area contributed by atoms with Crippen molar-refractivity contribution >= 4 is 5.97 Å². The predicted octanol–water partition coefficient (Wildman–Crippen LogP) is 0.760. The van der Waals surface area contributed by atoms with Gasteiger partial charge in [0, 0.05) is 0 Å². The second-order valence-corrected chi connectivity index (χ2v) is 6.98. The Morgan fingerprint density at radius 2 is 1.42 bits per heavy atom. The number of quaternary nitrogens is 1. The first-order chi connectivity index (χ1) is 12.4. The van der Waals surface area contributed by atoms with Gasteiger partial charge in [0.1, 0.15) is 38.4 Å². The van der Waals surface area contributed by atoms with Crippen LogP contribution in [0.25, 0.3) is 0 Å². The normalized spacial score (nSPS) is 16.8. The molecular formula is C20H37NO5. The standard InChI is InChI=1S/C20H37NO5/c1-3-5-7-9-11-18(23)15-21(13-14-22,17-20(25)26)16-19(24)12-10-8-6-4-2/h7-10,18-19,22-24H,3-6,11-17H2,1-2H3/b9-7+,10-8+. The number of nitrogens with zero attached hydrogens (tertiary/aromatic N) is 1. The second-order valence-electron chi connectivity index (χ2n) is 6.98. The van der Waals surface area contributed by atoms with E-state index in [1.54, 1.807) is 0 Å². The number of hydrogen-bond acceptors (Lipinski definition) is 5. The molecule has 0 saturated carbocycles. The second kappa shape index (κ2) is 14.9. The number of aliphatic hydroxyl groups is 3. The number of aliphatic carboxylic acids is 1. The van der Waals surface area contributed by atoms with Gasteiger partial charge < -0.3 is 29.7 Å². The summed E-state index contributed by atoms with van der Waals surface area (Å²) in [7, 11) is 0. The third kappa shape index (κ3) is 12.2. The van der Waals surface area contributed by atoms with Crippen LogP contribution >= 0.6 is 0 Å². The monoisotopic (exact) mass is 371 g/mol. The molecule has 0 bridgehead atoms. The first-order valence-corrected chi connectivity index (χ1v) is 9.71. The maximum Gasteiger partial charge on any atom is 0.119 e. The number of hydrogen-bond donors (Lipinski definition) is 3. The van der Waals surface area contributed by atoms with Crippen molar-refractivity contribution in [2.24, 2.45) is 0 Å². The number of carboxylic acid groups (broad SMARTS) is 1. The van der Waals surface area contributed by atoms with E-state index >= 15 is 0 Å². The zero-order valence-electron chi connectivity index (χ0n) is 16.3. The number of aliphatic hydroxyl groups excluding tert-OH is 3. The maximum absolute atomic E-state index is 11.3. The summed E-state index contributed by atoms with van der Waals surface area (Å²) in [5.41, 5.74) is 0. The fourth-order valence-electron chi connectivity index (χ4n) is 3.07. The summed E-state index contributed by atoms with van der Waals surface area (Å²) in [6.07, 6.45) is 11.1. The fraction of sp³-hybridized carbons (Fsp3) is 0.750. The van der Waals surface area contributed by atoms with Gasteiger partial charge in [-0.1, -0.05) is 51.0 Å². The third-order valence-corrected chi connectivity index (χ3v) is 4.30. The van der Waals surface area contributed by atoms with Crippen molar-refractivity contribution in [2.75, 3.05) is 32.8 Å². The number of unbranched alkanes of at least 4 members (excludes halogenated alkanes) is 2. The van der Waals surface area contributed by atoms with E-state index in [1.807, 2.05) is 24.3 Å². The topological polar surface area (TPSA) is 101 Å². The lowest BCUT2D eigenvalue weighted by Gasteiger charge is -2.41. The summed E-state index contributed by atoms with van der Waals surface area (Å²) in [6, 6.07) is 0. The van der Waals surface area contributed by atoms with Gasteiger partial charge in [-0.3, -0.25) is 0 Å². The van der Waals surface area contributed by atoms with Crippen LogP contribution in [0.15, 0.2) is 24.3 Å². The molecule has 0 radical (unpaired) electrons. The number of rotatable bonds is 16. The van der Waals surface area contributed by atoms with Crippen LogP contribution in [0.4, 0.5) is 0 Å². The lowest BCUT2D eigenvalue weighted by molar-refractivity contribution is -0.928. The van der Waals surface area contributed by atoms with E-state index in [0.717, 1.165) is 25.7 Å². The number of allylic oxidation sites excluding steroid dienone is 2. The zero-order valence-corrected chi connectivity index (χ0v) is 16.3. The molecule has 152 valence electrons. The molecule has 26 heavy (non-hydrogen) atoms. The van der Waals surface area contributed by atoms with Gasteiger partial charge in [-0.2, -0.15) is 0 Å². The van der Waals surface area contributed by atoms with E-state index in [-0.39, 0.29) is 37.3 Å². The molecule has 0 aromatic heterocycles. The van der Waals surface area contributed by atoms with Gasteiger partial charge in [-0.15, -0.1) is 0 Å². The fourth-order valence-corrected chi connectivity index (χ4v) is 3.07. The number of carbonyl (C=O) groups is 1. The molecule has 0 rings (SSSR count). The van der Waals surface area contributed by atoms with E-state index in [4.69, 9.17) is 0 Å². The van der Waals surface area contributed by atoms with Gasteiger partial charge in [0.05, 0.1) is 12.6 Å². The van der Waals surface area contributed by atoms with Crippen LogP contribution < -0.4 is 5.11 Å². The Bertz CT molecular complexity index is 396. The Balaban J connectivity index is 4.99. The molecule has 0 aliphatic carbocycles. The highest BCUT2D eigenvalue weighted by atomic mass is 16.4. The highest BCUT2D eigenvalue weighted by Crippen LogP contribution is 2.14. The van der Waals surface area contributed by atoms with Crippen molar-refractivity contribution in [1.29, 1.82) is 0 Å². The largest absolute Gasteiger partial charge is 0.544 e. The third-order valence-electron chi connectivity index (χ3n) is 4.30. The zero-order chi connectivity index (χ0) is 19.8. The first kappa shape index (κ1) is 24.8. The van der Waals surface area contributed by atoms with Crippen molar-refractivity contribution < 1.29 is 29.7 Å². The smallest absolute Gasteiger partial charge is 0.119 e. The molecule has 0 saturated heterocycles. The van der Waals surface area contributed by atoms with Crippen LogP contribution in [0, 0.1) is 0 Å². The van der Waals surface area contributed by atoms with Crippen molar-refractivity contribution in [2.45, 2.75) is 64.6 Å². The van der Waals surface area contributed by atoms with Gasteiger partial charge in [-0.05, 0) is 25.7 Å². The molecule has 0 aromatic carbocycles. The molecule has 0 spiro atoms. The van der Waals surface area contributed by atoms with Crippen molar-refractivity contribution in [3.05, 3.63) is 24.3 Å². The maximum atomic E-state index is 11.3. The molecule has 0 fully saturated rings. The molecule has 2 atom stereocenters. The molecule has 6 nitrogen and oxygen atoms in total. The number of carboxylic acids is 1. The van der Waals surface area contributed by atoms with Crippen LogP contribution in [-0.4, -0.2) is 70.8 Å². The minimum absolute atomic E-state index is 0.0929. The molecule has 0 heterocycles. The van der Waals surface area contributed by atoms with Crippen molar-refractivity contribution in [3.63, 3.8) is 0 Å². The van der Waals surface area contributed by atoms with Crippen LogP contribution in [0.2, 0.25) is 0 Å². The Morgan fingerprint density at radius 3 is 1.77 bits per heavy atom. The molecule has 0 aromatic rings. The van der Waals surface area contributed by atoms with Gasteiger partial charge >= 0.3 is 0 Å². The van der Waals surface area contributed by atoms with Gasteiger partial charge in [0.2, 0.25) is 0 Å². The molecule has 3 N–H and O–H groups in total. The first-order valence-electron chi connectivity index (χ1n) is 9.71. The molecule has 6 heteroatoms. The lowest BCUT2D eigenvalue weighted by Crippen LogP contribution is -2.61. The SMILES string of the molecule is CCC/C=C/CC(O)C[N+](CCO)(CC(=O)[O-])CC(O)C/C=C/CCC. The molecular weight excluding hydrogens is 334 g/mol. The Morgan fingerprint density at radius 1 is 0.962 bits per heavy atom. The molecule has 0 aliphatic rings. The summed E-state index contributed by atoms with van der Waals surface area (Å²) in [4.78, 5) is 11.3. The number of carbonyl (C=O) groups excluding carboxylic acids is 1. The van der Waals surface area contributed by atoms with Gasteiger partial charge in [0.15, 0.2) is 0 Å². The molecule has 2 unspecified atom stereocenters. The highest BCUT2D eigenvalue weighted by molar-refractivity contribution is 5.65. The Hall–Kier alpha value is -1.21. The average Bonchev–Trinajstić information content (AvgIpc) is 2.55. The minimum Gasteiger partial charge on any atom is -0.544 e. The van der Waals surface area contributed by atoms with Crippen LogP contribution in [0.5, 0.6) is 0 Å². The summed E-state index contributed by atoms with van der Waals surface area (Å²) >= 11 is 0. The quantitative estimate of drug-likeness (QED) is 0.275. The Labute approximate surface area is 158 Å². The van der Waals surface area contributed by atoms with Gasteiger partial charge in [0.25, 0.3) is 0 Å². The van der Waals surface area contributed by atoms with Crippen LogP contribution in [-0.2, 0) is 4.79 Å². The van der Waals surface area contributed by atoms with Gasteiger partial charge in [-0.25, -0.2) is 0 Å². The molecule has 0 amide bonds. The van der Waals surface area contributed by atoms with E-state index in [9.17, 15) is 25.2 Å². The van der Waals surface area contributed by atoms with Crippen LogP contribution in [0.3, 0.4) is 0 Å². The van der Waals surface area contributed by atoms with Crippen molar-refractivity contribution in [3.8, 4) is 0 Å². The highest BCUT2D eigenvalue weighted by Gasteiger charge is 2.32. The predicted molar refractivity (Wildman–Crippen MR) is 101 cm³/mol. The Kier molecular flexibility index (Phi) is 14.2. The van der Waals surface area contributed by atoms with Crippen LogP contribution in [0.1, 0.15) is 52.4 Å². The molecule has 0 aliphatic heterocycles. The summed E-state index contributed by atoms with van der Waals surface area (Å²) in [6.45, 7) is 4.04. The van der Waals surface area contributed by atoms with E-state index in [1.165, 1.54) is 0 Å². The lowest BCUT2D eigenvalue weighted by atomic mass is 10.1. The van der Waals surface area contributed by atoms with Crippen molar-refractivity contribution in [1.82, 2.24) is 0 Å². The summed E-state index contributed by atoms with van der Waals surface area (Å²) in [5.74, 6) is -1.25. The van der Waals surface area contributed by atoms with E-state index in [2.05, 4.69) is 13.8 Å². The summed E-state index contributed by atoms with van der Waals surface area (Å²) in [5, 5.41) is 41.3. The van der Waals surface area contributed by atoms with E-state index in [0.29, 0.717) is 12.8 Å². The van der Waals surface area contributed by atoms with E-state index < -0.39 is 18.2 Å². The minimum atomic E-state index is -1.25. The average molecular weight is 372 g/mol.